The van der Waals surface area contributed by atoms with E-state index in [9.17, 15) is 0 Å². The maximum absolute atomic E-state index is 5.50. The van der Waals surface area contributed by atoms with Crippen LogP contribution in [0.4, 0.5) is 0 Å². The SMILES string of the molecule is COc1c(Br)cc(Br)cc1CNCCCOC(C)C.Cl. The van der Waals surface area contributed by atoms with Crippen LogP contribution in [0.2, 0.25) is 0 Å². The van der Waals surface area contributed by atoms with Crippen LogP contribution in [0.25, 0.3) is 0 Å². The first kappa shape index (κ1) is 20.2. The minimum atomic E-state index is 0. The van der Waals surface area contributed by atoms with E-state index in [-0.39, 0.29) is 12.4 Å². The van der Waals surface area contributed by atoms with Crippen LogP contribution in [-0.2, 0) is 11.3 Å². The van der Waals surface area contributed by atoms with Gasteiger partial charge in [-0.25, -0.2) is 0 Å². The molecule has 3 nitrogen and oxygen atoms in total. The van der Waals surface area contributed by atoms with Gasteiger partial charge in [0.05, 0.1) is 17.7 Å². The summed E-state index contributed by atoms with van der Waals surface area (Å²) in [5.74, 6) is 0.883. The Morgan fingerprint density at radius 1 is 1.25 bits per heavy atom. The minimum absolute atomic E-state index is 0. The Hall–Kier alpha value is 0.190. The fourth-order valence-corrected chi connectivity index (χ4v) is 3.19. The van der Waals surface area contributed by atoms with Gasteiger partial charge in [0.15, 0.2) is 0 Å². The lowest BCUT2D eigenvalue weighted by Gasteiger charge is -2.12. The molecule has 0 saturated carbocycles. The second-order valence-corrected chi connectivity index (χ2v) is 6.30. The molecular formula is C14H22Br2ClNO2. The monoisotopic (exact) mass is 429 g/mol. The van der Waals surface area contributed by atoms with Gasteiger partial charge in [0.1, 0.15) is 5.75 Å². The van der Waals surface area contributed by atoms with Crippen molar-refractivity contribution in [3.05, 3.63) is 26.6 Å². The van der Waals surface area contributed by atoms with Crippen LogP contribution in [0.3, 0.4) is 0 Å². The summed E-state index contributed by atoms with van der Waals surface area (Å²) in [4.78, 5) is 0. The van der Waals surface area contributed by atoms with Gasteiger partial charge in [-0.15, -0.1) is 12.4 Å². The van der Waals surface area contributed by atoms with Crippen molar-refractivity contribution in [3.63, 3.8) is 0 Å². The van der Waals surface area contributed by atoms with Gasteiger partial charge >= 0.3 is 0 Å². The third kappa shape index (κ3) is 7.27. The molecule has 20 heavy (non-hydrogen) atoms. The Morgan fingerprint density at radius 3 is 2.55 bits per heavy atom. The van der Waals surface area contributed by atoms with Crippen molar-refractivity contribution < 1.29 is 9.47 Å². The highest BCUT2D eigenvalue weighted by Crippen LogP contribution is 2.32. The molecule has 6 heteroatoms. The summed E-state index contributed by atoms with van der Waals surface area (Å²) < 4.78 is 12.9. The lowest BCUT2D eigenvalue weighted by atomic mass is 10.2. The highest BCUT2D eigenvalue weighted by Gasteiger charge is 2.08. The van der Waals surface area contributed by atoms with Crippen molar-refractivity contribution in [2.75, 3.05) is 20.3 Å². The van der Waals surface area contributed by atoms with Crippen molar-refractivity contribution >= 4 is 44.3 Å². The molecule has 0 aliphatic carbocycles. The molecule has 0 radical (unpaired) electrons. The standard InChI is InChI=1S/C14H21Br2NO2.ClH/c1-10(2)19-6-4-5-17-9-11-7-12(15)8-13(16)14(11)18-3;/h7-8,10,17H,4-6,9H2,1-3H3;1H. The summed E-state index contributed by atoms with van der Waals surface area (Å²) in [7, 11) is 1.69. The fraction of sp³-hybridized carbons (Fsp3) is 0.571. The lowest BCUT2D eigenvalue weighted by molar-refractivity contribution is 0.0770. The Kier molecular flexibility index (Phi) is 11.0. The quantitative estimate of drug-likeness (QED) is 0.613. The van der Waals surface area contributed by atoms with Gasteiger partial charge < -0.3 is 14.8 Å². The molecule has 0 spiro atoms. The summed E-state index contributed by atoms with van der Waals surface area (Å²) >= 11 is 7.00. The molecule has 0 heterocycles. The zero-order valence-electron chi connectivity index (χ0n) is 12.0. The largest absolute Gasteiger partial charge is 0.495 e. The Bertz CT molecular complexity index is 403. The third-order valence-corrected chi connectivity index (χ3v) is 3.60. The molecule has 0 amide bonds. The average molecular weight is 432 g/mol. The number of rotatable bonds is 8. The summed E-state index contributed by atoms with van der Waals surface area (Å²) in [6, 6.07) is 4.06. The van der Waals surface area contributed by atoms with Gasteiger partial charge in [-0.05, 0) is 54.9 Å². The fourth-order valence-electron chi connectivity index (χ4n) is 1.71. The lowest BCUT2D eigenvalue weighted by Crippen LogP contribution is -2.17. The van der Waals surface area contributed by atoms with Crippen molar-refractivity contribution in [2.45, 2.75) is 32.9 Å². The Balaban J connectivity index is 0.00000361. The number of halogens is 3. The summed E-state index contributed by atoms with van der Waals surface area (Å²) in [6.45, 7) is 6.61. The van der Waals surface area contributed by atoms with E-state index in [1.165, 1.54) is 0 Å². The van der Waals surface area contributed by atoms with Crippen LogP contribution in [0.15, 0.2) is 21.1 Å². The minimum Gasteiger partial charge on any atom is -0.495 e. The highest BCUT2D eigenvalue weighted by atomic mass is 79.9. The molecule has 0 fully saturated rings. The molecule has 0 atom stereocenters. The van der Waals surface area contributed by atoms with Crippen molar-refractivity contribution in [2.24, 2.45) is 0 Å². The van der Waals surface area contributed by atoms with Gasteiger partial charge in [-0.2, -0.15) is 0 Å². The van der Waals surface area contributed by atoms with Crippen LogP contribution in [-0.4, -0.2) is 26.4 Å². The van der Waals surface area contributed by atoms with Crippen molar-refractivity contribution in [1.82, 2.24) is 5.32 Å². The van der Waals surface area contributed by atoms with E-state index in [2.05, 4.69) is 57.1 Å². The van der Waals surface area contributed by atoms with Crippen LogP contribution >= 0.6 is 44.3 Å². The first-order valence-corrected chi connectivity index (χ1v) is 7.97. The van der Waals surface area contributed by atoms with Crippen molar-refractivity contribution in [1.29, 1.82) is 0 Å². The molecule has 0 aliphatic heterocycles. The zero-order chi connectivity index (χ0) is 14.3. The van der Waals surface area contributed by atoms with Crippen molar-refractivity contribution in [3.8, 4) is 5.75 Å². The summed E-state index contributed by atoms with van der Waals surface area (Å²) in [5.41, 5.74) is 1.13. The first-order valence-electron chi connectivity index (χ1n) is 6.38. The van der Waals surface area contributed by atoms with Gasteiger partial charge in [0.25, 0.3) is 0 Å². The molecule has 0 unspecified atom stereocenters. The van der Waals surface area contributed by atoms with E-state index in [1.807, 2.05) is 6.07 Å². The normalized spacial score (nSPS) is 10.5. The number of benzene rings is 1. The molecule has 1 N–H and O–H groups in total. The Morgan fingerprint density at radius 2 is 1.95 bits per heavy atom. The maximum Gasteiger partial charge on any atom is 0.137 e. The van der Waals surface area contributed by atoms with Gasteiger partial charge in [0, 0.05) is 23.2 Å². The topological polar surface area (TPSA) is 30.5 Å². The predicted molar refractivity (Wildman–Crippen MR) is 93.1 cm³/mol. The average Bonchev–Trinajstić information content (AvgIpc) is 2.32. The molecule has 0 aromatic heterocycles. The van der Waals surface area contributed by atoms with E-state index in [4.69, 9.17) is 9.47 Å². The number of hydrogen-bond acceptors (Lipinski definition) is 3. The summed E-state index contributed by atoms with van der Waals surface area (Å²) in [6.07, 6.45) is 1.32. The summed E-state index contributed by atoms with van der Waals surface area (Å²) in [5, 5.41) is 3.40. The van der Waals surface area contributed by atoms with Gasteiger partial charge in [-0.1, -0.05) is 15.9 Å². The second kappa shape index (κ2) is 10.9. The molecule has 1 aromatic rings. The van der Waals surface area contributed by atoms with Crippen LogP contribution in [0.5, 0.6) is 5.75 Å². The molecule has 1 rings (SSSR count). The van der Waals surface area contributed by atoms with Crippen LogP contribution < -0.4 is 10.1 Å². The number of ether oxygens (including phenoxy) is 2. The van der Waals surface area contributed by atoms with Crippen LogP contribution in [0, 0.1) is 0 Å². The number of hydrogen-bond donors (Lipinski definition) is 1. The molecule has 0 bridgehead atoms. The molecule has 116 valence electrons. The molecule has 0 aliphatic rings. The molecule has 1 aromatic carbocycles. The third-order valence-electron chi connectivity index (χ3n) is 2.55. The second-order valence-electron chi connectivity index (χ2n) is 4.53. The van der Waals surface area contributed by atoms with Gasteiger partial charge in [-0.3, -0.25) is 0 Å². The van der Waals surface area contributed by atoms with E-state index >= 15 is 0 Å². The van der Waals surface area contributed by atoms with Gasteiger partial charge in [0.2, 0.25) is 0 Å². The molecular weight excluding hydrogens is 409 g/mol. The van der Waals surface area contributed by atoms with Crippen LogP contribution in [0.1, 0.15) is 25.8 Å². The predicted octanol–water partition coefficient (Wildman–Crippen LogP) is 4.55. The first-order chi connectivity index (χ1) is 9.04. The number of methoxy groups -OCH3 is 1. The van der Waals surface area contributed by atoms with E-state index in [0.717, 1.165) is 46.4 Å². The molecule has 0 saturated heterocycles. The van der Waals surface area contributed by atoms with E-state index < -0.39 is 0 Å². The highest BCUT2D eigenvalue weighted by molar-refractivity contribution is 9.11. The maximum atomic E-state index is 5.50. The number of nitrogens with one attached hydrogen (secondary N) is 1. The van der Waals surface area contributed by atoms with E-state index in [1.54, 1.807) is 7.11 Å². The van der Waals surface area contributed by atoms with E-state index in [0.29, 0.717) is 6.10 Å². The zero-order valence-corrected chi connectivity index (χ0v) is 16.0. The smallest absolute Gasteiger partial charge is 0.137 e. The Labute approximate surface area is 144 Å².